The summed E-state index contributed by atoms with van der Waals surface area (Å²) in [6.07, 6.45) is 7.02. The molecule has 0 saturated carbocycles. The number of anilines is 1. The monoisotopic (exact) mass is 335 g/mol. The highest BCUT2D eigenvalue weighted by Gasteiger charge is 2.22. The third kappa shape index (κ3) is 3.37. The Morgan fingerprint density at radius 1 is 0.960 bits per heavy atom. The second-order valence-corrected chi connectivity index (χ2v) is 6.68. The van der Waals surface area contributed by atoms with E-state index in [0.717, 1.165) is 45.1 Å². The average molecular weight is 335 g/mol. The van der Waals surface area contributed by atoms with Crippen LogP contribution in [0.5, 0.6) is 0 Å². The Labute approximate surface area is 148 Å². The van der Waals surface area contributed by atoms with Gasteiger partial charge in [-0.2, -0.15) is 0 Å². The number of nitrogens with zero attached hydrogens (tertiary/aromatic N) is 5. The van der Waals surface area contributed by atoms with Crippen molar-refractivity contribution in [1.29, 1.82) is 0 Å². The molecule has 0 amide bonds. The van der Waals surface area contributed by atoms with Crippen LogP contribution in [0, 0.1) is 0 Å². The van der Waals surface area contributed by atoms with Gasteiger partial charge in [-0.05, 0) is 30.0 Å². The third-order valence-electron chi connectivity index (χ3n) is 5.17. The van der Waals surface area contributed by atoms with Gasteiger partial charge in [-0.3, -0.25) is 4.90 Å². The van der Waals surface area contributed by atoms with E-state index in [-0.39, 0.29) is 0 Å². The van der Waals surface area contributed by atoms with Crippen molar-refractivity contribution in [3.8, 4) is 0 Å². The molecule has 1 atom stereocenters. The number of hydrogen-bond acceptors (Lipinski definition) is 4. The Bertz CT molecular complexity index is 805. The molecule has 1 unspecified atom stereocenters. The molecule has 0 radical (unpaired) electrons. The Morgan fingerprint density at radius 2 is 1.72 bits per heavy atom. The minimum absolute atomic E-state index is 0.513. The van der Waals surface area contributed by atoms with Crippen molar-refractivity contribution in [2.45, 2.75) is 19.4 Å². The van der Waals surface area contributed by atoms with Gasteiger partial charge in [0.2, 0.25) is 5.95 Å². The van der Waals surface area contributed by atoms with Crippen LogP contribution in [0.3, 0.4) is 0 Å². The molecule has 5 heteroatoms. The minimum Gasteiger partial charge on any atom is -0.343 e. The van der Waals surface area contributed by atoms with E-state index < -0.39 is 0 Å². The fourth-order valence-corrected chi connectivity index (χ4v) is 3.72. The predicted octanol–water partition coefficient (Wildman–Crippen LogP) is 3.20. The lowest BCUT2D eigenvalue weighted by atomic mass is 10.1. The Morgan fingerprint density at radius 3 is 2.48 bits per heavy atom. The van der Waals surface area contributed by atoms with Crippen molar-refractivity contribution >= 4 is 16.9 Å². The van der Waals surface area contributed by atoms with Gasteiger partial charge in [-0.1, -0.05) is 25.1 Å². The zero-order chi connectivity index (χ0) is 17.1. The van der Waals surface area contributed by atoms with Crippen molar-refractivity contribution in [3.63, 3.8) is 0 Å². The number of aromatic nitrogens is 3. The van der Waals surface area contributed by atoms with Gasteiger partial charge in [0.25, 0.3) is 0 Å². The van der Waals surface area contributed by atoms with Gasteiger partial charge in [0.05, 0.1) is 0 Å². The van der Waals surface area contributed by atoms with E-state index in [1.54, 1.807) is 0 Å². The Balaban J connectivity index is 1.41. The second kappa shape index (κ2) is 7.23. The van der Waals surface area contributed by atoms with Crippen LogP contribution in [0.2, 0.25) is 0 Å². The average Bonchev–Trinajstić information content (AvgIpc) is 3.11. The molecule has 2 aromatic heterocycles. The highest BCUT2D eigenvalue weighted by atomic mass is 15.3. The summed E-state index contributed by atoms with van der Waals surface area (Å²) in [6.45, 7) is 7.49. The summed E-state index contributed by atoms with van der Waals surface area (Å²) in [5.41, 5.74) is 1.34. The molecule has 4 rings (SSSR count). The molecule has 3 aromatic rings. The zero-order valence-corrected chi connectivity index (χ0v) is 14.8. The molecule has 5 nitrogen and oxygen atoms in total. The summed E-state index contributed by atoms with van der Waals surface area (Å²) in [6, 6.07) is 13.3. The van der Waals surface area contributed by atoms with Crippen molar-refractivity contribution in [1.82, 2.24) is 19.4 Å². The molecule has 1 aromatic carbocycles. The molecule has 1 aliphatic heterocycles. The van der Waals surface area contributed by atoms with Crippen LogP contribution in [0.1, 0.15) is 19.4 Å². The number of piperazine rings is 1. The second-order valence-electron chi connectivity index (χ2n) is 6.68. The normalized spacial score (nSPS) is 17.1. The van der Waals surface area contributed by atoms with E-state index in [9.17, 15) is 0 Å². The maximum Gasteiger partial charge on any atom is 0.225 e. The van der Waals surface area contributed by atoms with Crippen LogP contribution < -0.4 is 4.90 Å². The van der Waals surface area contributed by atoms with Crippen LogP contribution in [-0.4, -0.2) is 52.2 Å². The first kappa shape index (κ1) is 16.1. The summed E-state index contributed by atoms with van der Waals surface area (Å²) in [7, 11) is 0. The first-order valence-electron chi connectivity index (χ1n) is 9.15. The van der Waals surface area contributed by atoms with Crippen molar-refractivity contribution in [3.05, 3.63) is 55.0 Å². The molecule has 0 bridgehead atoms. The molecular weight excluding hydrogens is 310 g/mol. The van der Waals surface area contributed by atoms with E-state index >= 15 is 0 Å². The van der Waals surface area contributed by atoms with Gasteiger partial charge in [-0.15, -0.1) is 0 Å². The van der Waals surface area contributed by atoms with E-state index in [0.29, 0.717) is 6.04 Å². The first-order chi connectivity index (χ1) is 12.3. The molecule has 1 saturated heterocycles. The fraction of sp³-hybridized carbons (Fsp3) is 0.400. The lowest BCUT2D eigenvalue weighted by molar-refractivity contribution is 0.217. The van der Waals surface area contributed by atoms with E-state index in [1.165, 1.54) is 10.9 Å². The van der Waals surface area contributed by atoms with Gasteiger partial charge in [0.1, 0.15) is 0 Å². The van der Waals surface area contributed by atoms with Gasteiger partial charge in [0, 0.05) is 62.9 Å². The van der Waals surface area contributed by atoms with E-state index in [2.05, 4.69) is 67.8 Å². The summed E-state index contributed by atoms with van der Waals surface area (Å²) in [4.78, 5) is 13.6. The van der Waals surface area contributed by atoms with Crippen LogP contribution in [0.4, 0.5) is 5.95 Å². The molecule has 3 heterocycles. The SMILES string of the molecule is CCC(CN1CCN(c2ncccn2)CC1)n1ccc2ccccc21. The molecule has 0 aliphatic carbocycles. The zero-order valence-electron chi connectivity index (χ0n) is 14.8. The van der Waals surface area contributed by atoms with Gasteiger partial charge < -0.3 is 9.47 Å². The molecule has 1 aliphatic rings. The lowest BCUT2D eigenvalue weighted by Crippen LogP contribution is -2.48. The first-order valence-corrected chi connectivity index (χ1v) is 9.15. The van der Waals surface area contributed by atoms with Crippen molar-refractivity contribution in [2.75, 3.05) is 37.6 Å². The maximum absolute atomic E-state index is 4.37. The number of fused-ring (bicyclic) bond motifs is 1. The number of benzene rings is 1. The van der Waals surface area contributed by atoms with Crippen molar-refractivity contribution in [2.24, 2.45) is 0 Å². The summed E-state index contributed by atoms with van der Waals surface area (Å²) in [5, 5.41) is 1.33. The van der Waals surface area contributed by atoms with E-state index in [1.807, 2.05) is 18.5 Å². The van der Waals surface area contributed by atoms with Gasteiger partial charge in [0.15, 0.2) is 0 Å². The number of rotatable bonds is 5. The summed E-state index contributed by atoms with van der Waals surface area (Å²) >= 11 is 0. The molecule has 130 valence electrons. The van der Waals surface area contributed by atoms with Gasteiger partial charge in [-0.25, -0.2) is 9.97 Å². The highest BCUT2D eigenvalue weighted by molar-refractivity contribution is 5.80. The third-order valence-corrected chi connectivity index (χ3v) is 5.17. The topological polar surface area (TPSA) is 37.2 Å². The van der Waals surface area contributed by atoms with E-state index in [4.69, 9.17) is 0 Å². The Hall–Kier alpha value is -2.40. The lowest BCUT2D eigenvalue weighted by Gasteiger charge is -2.36. The van der Waals surface area contributed by atoms with Crippen molar-refractivity contribution < 1.29 is 0 Å². The van der Waals surface area contributed by atoms with Gasteiger partial charge >= 0.3 is 0 Å². The van der Waals surface area contributed by atoms with Crippen LogP contribution in [-0.2, 0) is 0 Å². The largest absolute Gasteiger partial charge is 0.343 e. The molecular formula is C20H25N5. The van der Waals surface area contributed by atoms with Crippen LogP contribution >= 0.6 is 0 Å². The number of hydrogen-bond donors (Lipinski definition) is 0. The smallest absolute Gasteiger partial charge is 0.225 e. The predicted molar refractivity (Wildman–Crippen MR) is 102 cm³/mol. The highest BCUT2D eigenvalue weighted by Crippen LogP contribution is 2.23. The quantitative estimate of drug-likeness (QED) is 0.717. The maximum atomic E-state index is 4.37. The minimum atomic E-state index is 0.513. The summed E-state index contributed by atoms with van der Waals surface area (Å²) < 4.78 is 2.45. The molecule has 0 spiro atoms. The standard InChI is InChI=1S/C20H25N5/c1-2-18(25-11-8-17-6-3-4-7-19(17)25)16-23-12-14-24(15-13-23)20-21-9-5-10-22-20/h3-11,18H,2,12-16H2,1H3. The number of para-hydroxylation sites is 1. The summed E-state index contributed by atoms with van der Waals surface area (Å²) in [5.74, 6) is 0.852. The van der Waals surface area contributed by atoms with Crippen LogP contribution in [0.25, 0.3) is 10.9 Å². The van der Waals surface area contributed by atoms with Crippen LogP contribution in [0.15, 0.2) is 55.0 Å². The molecule has 25 heavy (non-hydrogen) atoms. The molecule has 0 N–H and O–H groups in total. The Kier molecular flexibility index (Phi) is 4.65. The fourth-order valence-electron chi connectivity index (χ4n) is 3.72. The molecule has 1 fully saturated rings.